The van der Waals surface area contributed by atoms with Crippen LogP contribution in [0.3, 0.4) is 0 Å². The maximum Gasteiger partial charge on any atom is 0.206 e. The van der Waals surface area contributed by atoms with Gasteiger partial charge in [-0.3, -0.25) is 0 Å². The Kier molecular flexibility index (Phi) is 7.66. The largest absolute Gasteiger partial charge is 0.493 e. The van der Waals surface area contributed by atoms with Crippen LogP contribution in [0, 0.1) is 11.3 Å². The molecule has 0 spiro atoms. The van der Waals surface area contributed by atoms with Crippen molar-refractivity contribution in [2.75, 3.05) is 37.9 Å². The van der Waals surface area contributed by atoms with E-state index in [0.29, 0.717) is 19.6 Å². The molecule has 0 amide bonds. The van der Waals surface area contributed by atoms with Crippen LogP contribution in [0.1, 0.15) is 5.56 Å². The second kappa shape index (κ2) is 10.0. The molecule has 1 aromatic heterocycles. The molecule has 2 aromatic rings. The fraction of sp³-hybridized carbons (Fsp3) is 0.400. The van der Waals surface area contributed by atoms with E-state index in [9.17, 15) is 0 Å². The van der Waals surface area contributed by atoms with Crippen molar-refractivity contribution in [3.63, 3.8) is 0 Å². The van der Waals surface area contributed by atoms with Gasteiger partial charge in [-0.15, -0.1) is 10.2 Å². The summed E-state index contributed by atoms with van der Waals surface area (Å²) in [6.45, 7) is 1.96. The minimum atomic E-state index is 0.425. The van der Waals surface area contributed by atoms with E-state index < -0.39 is 0 Å². The molecule has 0 atom stereocenters. The van der Waals surface area contributed by atoms with Crippen LogP contribution in [0.4, 0.5) is 5.13 Å². The van der Waals surface area contributed by atoms with Gasteiger partial charge in [0.2, 0.25) is 5.13 Å². The molecule has 2 rings (SSSR count). The third kappa shape index (κ3) is 6.44. The Bertz CT molecular complexity index is 625. The van der Waals surface area contributed by atoms with Gasteiger partial charge in [-0.1, -0.05) is 35.2 Å². The van der Waals surface area contributed by atoms with Crippen LogP contribution < -0.4 is 10.1 Å². The lowest BCUT2D eigenvalue weighted by Gasteiger charge is -2.05. The van der Waals surface area contributed by atoms with E-state index in [1.54, 1.807) is 18.9 Å². The Balaban J connectivity index is 1.66. The first-order valence-corrected chi connectivity index (χ1v) is 8.90. The zero-order chi connectivity index (χ0) is 16.3. The Morgan fingerprint density at radius 2 is 2.09 bits per heavy atom. The van der Waals surface area contributed by atoms with Crippen LogP contribution >= 0.6 is 23.1 Å². The number of hydrogen-bond donors (Lipinski definition) is 1. The fourth-order valence-corrected chi connectivity index (χ4v) is 3.35. The summed E-state index contributed by atoms with van der Waals surface area (Å²) in [5.41, 5.74) is 0.997. The molecule has 0 unspecified atom stereocenters. The van der Waals surface area contributed by atoms with Crippen LogP contribution in [0.25, 0.3) is 0 Å². The number of hydrogen-bond acceptors (Lipinski definition) is 8. The van der Waals surface area contributed by atoms with Gasteiger partial charge in [0.15, 0.2) is 4.34 Å². The van der Waals surface area contributed by atoms with Gasteiger partial charge in [0.25, 0.3) is 0 Å². The van der Waals surface area contributed by atoms with E-state index in [1.807, 2.05) is 24.3 Å². The van der Waals surface area contributed by atoms with E-state index in [0.717, 1.165) is 33.1 Å². The summed E-state index contributed by atoms with van der Waals surface area (Å²) in [6.07, 6.45) is 0.425. The average Bonchev–Trinajstić information content (AvgIpc) is 3.01. The van der Waals surface area contributed by atoms with Crippen LogP contribution in [-0.2, 0) is 11.2 Å². The predicted octanol–water partition coefficient (Wildman–Crippen LogP) is 2.83. The molecular formula is C15H18N4O2S2. The molecule has 1 N–H and O–H groups in total. The first kappa shape index (κ1) is 17.5. The molecule has 8 heteroatoms. The van der Waals surface area contributed by atoms with Gasteiger partial charge in [-0.2, -0.15) is 5.26 Å². The normalized spacial score (nSPS) is 10.3. The van der Waals surface area contributed by atoms with Crippen molar-refractivity contribution < 1.29 is 9.47 Å². The summed E-state index contributed by atoms with van der Waals surface area (Å²) in [6, 6.07) is 9.72. The maximum absolute atomic E-state index is 8.63. The second-order valence-electron chi connectivity index (χ2n) is 4.47. The third-order valence-corrected chi connectivity index (χ3v) is 4.75. The fourth-order valence-electron chi connectivity index (χ4n) is 1.68. The number of ether oxygens (including phenoxy) is 2. The monoisotopic (exact) mass is 350 g/mol. The summed E-state index contributed by atoms with van der Waals surface area (Å²) in [4.78, 5) is 0. The zero-order valence-corrected chi connectivity index (χ0v) is 14.5. The van der Waals surface area contributed by atoms with Gasteiger partial charge < -0.3 is 14.8 Å². The molecule has 1 aromatic carbocycles. The minimum absolute atomic E-state index is 0.425. The summed E-state index contributed by atoms with van der Waals surface area (Å²) >= 11 is 3.14. The molecule has 23 heavy (non-hydrogen) atoms. The lowest BCUT2D eigenvalue weighted by atomic mass is 10.2. The number of aromatic nitrogens is 2. The van der Waals surface area contributed by atoms with E-state index in [4.69, 9.17) is 14.7 Å². The zero-order valence-electron chi connectivity index (χ0n) is 12.8. The molecule has 0 bridgehead atoms. The quantitative estimate of drug-likeness (QED) is 0.521. The molecule has 0 radical (unpaired) electrons. The number of nitrogens with one attached hydrogen (secondary N) is 1. The van der Waals surface area contributed by atoms with Crippen molar-refractivity contribution in [3.8, 4) is 11.8 Å². The number of anilines is 1. The molecule has 1 heterocycles. The van der Waals surface area contributed by atoms with E-state index >= 15 is 0 Å². The molecule has 0 aliphatic rings. The van der Waals surface area contributed by atoms with E-state index in [2.05, 4.69) is 21.6 Å². The summed E-state index contributed by atoms with van der Waals surface area (Å²) in [7, 11) is 1.67. The summed E-state index contributed by atoms with van der Waals surface area (Å²) < 4.78 is 11.6. The topological polar surface area (TPSA) is 80.1 Å². The Labute approximate surface area is 143 Å². The summed E-state index contributed by atoms with van der Waals surface area (Å²) in [5, 5.41) is 20.8. The lowest BCUT2D eigenvalue weighted by Crippen LogP contribution is -2.06. The average molecular weight is 350 g/mol. The highest BCUT2D eigenvalue weighted by molar-refractivity contribution is 8.01. The van der Waals surface area contributed by atoms with Crippen molar-refractivity contribution in [1.82, 2.24) is 10.2 Å². The van der Waals surface area contributed by atoms with Crippen molar-refractivity contribution in [2.45, 2.75) is 10.8 Å². The number of nitrogens with zero attached hydrogens (tertiary/aromatic N) is 3. The number of rotatable bonds is 10. The number of benzene rings is 1. The number of nitriles is 1. The standard InChI is InChI=1S/C15H18N4O2S2/c1-20-9-8-17-14-18-19-15(23-14)22-11-10-21-13-4-2-12(3-5-13)6-7-16/h2-5H,6,8-11H2,1H3,(H,17,18). The maximum atomic E-state index is 8.63. The molecular weight excluding hydrogens is 332 g/mol. The Hall–Kier alpha value is -1.82. The van der Waals surface area contributed by atoms with E-state index in [1.165, 1.54) is 11.3 Å². The van der Waals surface area contributed by atoms with Crippen LogP contribution in [-0.4, -0.2) is 42.8 Å². The highest BCUT2D eigenvalue weighted by atomic mass is 32.2. The number of thioether (sulfide) groups is 1. The highest BCUT2D eigenvalue weighted by Gasteiger charge is 2.04. The van der Waals surface area contributed by atoms with Gasteiger partial charge in [-0.05, 0) is 17.7 Å². The molecule has 0 saturated carbocycles. The first-order valence-electron chi connectivity index (χ1n) is 7.09. The minimum Gasteiger partial charge on any atom is -0.493 e. The molecule has 0 aliphatic heterocycles. The Morgan fingerprint density at radius 3 is 2.83 bits per heavy atom. The van der Waals surface area contributed by atoms with Crippen LogP contribution in [0.5, 0.6) is 5.75 Å². The van der Waals surface area contributed by atoms with Crippen molar-refractivity contribution >= 4 is 28.2 Å². The van der Waals surface area contributed by atoms with Gasteiger partial charge in [0, 0.05) is 19.4 Å². The van der Waals surface area contributed by atoms with Gasteiger partial charge in [-0.25, -0.2) is 0 Å². The molecule has 122 valence electrons. The Morgan fingerprint density at radius 1 is 1.26 bits per heavy atom. The molecule has 6 nitrogen and oxygen atoms in total. The van der Waals surface area contributed by atoms with Crippen molar-refractivity contribution in [2.24, 2.45) is 0 Å². The smallest absolute Gasteiger partial charge is 0.206 e. The van der Waals surface area contributed by atoms with Gasteiger partial charge >= 0.3 is 0 Å². The predicted molar refractivity (Wildman–Crippen MR) is 92.3 cm³/mol. The van der Waals surface area contributed by atoms with E-state index in [-0.39, 0.29) is 0 Å². The first-order chi connectivity index (χ1) is 11.3. The lowest BCUT2D eigenvalue weighted by molar-refractivity contribution is 0.211. The van der Waals surface area contributed by atoms with Crippen molar-refractivity contribution in [1.29, 1.82) is 5.26 Å². The number of methoxy groups -OCH3 is 1. The third-order valence-electron chi connectivity index (χ3n) is 2.77. The van der Waals surface area contributed by atoms with Gasteiger partial charge in [0.1, 0.15) is 5.75 Å². The molecule has 0 fully saturated rings. The second-order valence-corrected chi connectivity index (χ2v) is 6.79. The van der Waals surface area contributed by atoms with Crippen molar-refractivity contribution in [3.05, 3.63) is 29.8 Å². The SMILES string of the molecule is COCCNc1nnc(SCCOc2ccc(CC#N)cc2)s1. The van der Waals surface area contributed by atoms with Gasteiger partial charge in [0.05, 0.1) is 25.7 Å². The van der Waals surface area contributed by atoms with Crippen LogP contribution in [0.15, 0.2) is 28.6 Å². The summed E-state index contributed by atoms with van der Waals surface area (Å²) in [5.74, 6) is 1.61. The molecule has 0 saturated heterocycles. The highest BCUT2D eigenvalue weighted by Crippen LogP contribution is 2.25. The molecule has 0 aliphatic carbocycles. The van der Waals surface area contributed by atoms with Crippen LogP contribution in [0.2, 0.25) is 0 Å².